The van der Waals surface area contributed by atoms with Gasteiger partial charge in [-0.15, -0.1) is 0 Å². The van der Waals surface area contributed by atoms with Crippen LogP contribution < -0.4 is 0 Å². The van der Waals surface area contributed by atoms with Crippen molar-refractivity contribution in [2.75, 3.05) is 0 Å². The van der Waals surface area contributed by atoms with E-state index in [9.17, 15) is 4.79 Å². The summed E-state index contributed by atoms with van der Waals surface area (Å²) in [5, 5.41) is 34.5. The zero-order chi connectivity index (χ0) is 9.02. The van der Waals surface area contributed by atoms with Gasteiger partial charge in [-0.3, -0.25) is 4.79 Å². The molecule has 0 aliphatic carbocycles. The molecule has 0 amide bonds. The molecule has 5 nitrogen and oxygen atoms in total. The van der Waals surface area contributed by atoms with Crippen LogP contribution in [0.25, 0.3) is 0 Å². The van der Waals surface area contributed by atoms with Crippen LogP contribution in [0, 0.1) is 6.61 Å². The number of rotatable bonds is 4. The molecule has 0 aromatic rings. The third kappa shape index (κ3) is 2.94. The molecule has 0 saturated carbocycles. The predicted molar refractivity (Wildman–Crippen MR) is 34.9 cm³/mol. The Morgan fingerprint density at radius 3 is 2.09 bits per heavy atom. The average Bonchev–Trinajstić information content (AvgIpc) is 2.00. The Kier molecular flexibility index (Phi) is 4.20. The highest BCUT2D eigenvalue weighted by molar-refractivity contribution is 5.80. The fourth-order valence-electron chi connectivity index (χ4n) is 0.515. The molecule has 0 aliphatic heterocycles. The summed E-state index contributed by atoms with van der Waals surface area (Å²) in [6.07, 6.45) is -4.93. The Morgan fingerprint density at radius 2 is 1.82 bits per heavy atom. The Hall–Kier alpha value is -0.490. The van der Waals surface area contributed by atoms with Gasteiger partial charge in [-0.2, -0.15) is 0 Å². The summed E-state index contributed by atoms with van der Waals surface area (Å²) < 4.78 is 0. The number of aliphatic hydroxyl groups is 4. The number of carbonyl (C=O) groups excluding carboxylic acids is 1. The van der Waals surface area contributed by atoms with Gasteiger partial charge in [-0.25, -0.2) is 0 Å². The number of Topliss-reactive ketones (excluding diaryl/α,β-unsaturated/α-hetero) is 1. The van der Waals surface area contributed by atoms with Gasteiger partial charge in [0.25, 0.3) is 0 Å². The molecule has 0 aromatic carbocycles. The standard InChI is InChI=1S/C6H11O5/c1-3(8)5(10)6(11)4(9)2-7/h2,4-7,9-11H,1H3. The SMILES string of the molecule is CC(=O)C(O)C(O)C(O)[CH]O. The molecule has 0 spiro atoms. The molecule has 65 valence electrons. The Bertz CT molecular complexity index is 135. The fourth-order valence-corrected chi connectivity index (χ4v) is 0.515. The zero-order valence-corrected chi connectivity index (χ0v) is 6.01. The van der Waals surface area contributed by atoms with Gasteiger partial charge in [0.1, 0.15) is 24.9 Å². The minimum Gasteiger partial charge on any atom is -0.387 e. The highest BCUT2D eigenvalue weighted by Gasteiger charge is 2.27. The van der Waals surface area contributed by atoms with Crippen LogP contribution in [-0.2, 0) is 4.79 Å². The first-order chi connectivity index (χ1) is 5.00. The molecule has 1 radical (unpaired) electrons. The van der Waals surface area contributed by atoms with Crippen LogP contribution in [0.5, 0.6) is 0 Å². The van der Waals surface area contributed by atoms with Crippen molar-refractivity contribution in [2.24, 2.45) is 0 Å². The van der Waals surface area contributed by atoms with Crippen molar-refractivity contribution in [1.82, 2.24) is 0 Å². The smallest absolute Gasteiger partial charge is 0.160 e. The Balaban J connectivity index is 4.00. The van der Waals surface area contributed by atoms with Crippen molar-refractivity contribution in [3.8, 4) is 0 Å². The molecule has 3 unspecified atom stereocenters. The van der Waals surface area contributed by atoms with Crippen molar-refractivity contribution >= 4 is 5.78 Å². The molecule has 0 rings (SSSR count). The molecule has 3 atom stereocenters. The second kappa shape index (κ2) is 4.40. The van der Waals surface area contributed by atoms with Crippen LogP contribution in [0.4, 0.5) is 0 Å². The molecule has 5 heteroatoms. The maximum Gasteiger partial charge on any atom is 0.160 e. The van der Waals surface area contributed by atoms with Crippen molar-refractivity contribution in [3.63, 3.8) is 0 Å². The lowest BCUT2D eigenvalue weighted by Crippen LogP contribution is -2.41. The molecule has 4 N–H and O–H groups in total. The summed E-state index contributed by atoms with van der Waals surface area (Å²) in [5.74, 6) is -0.668. The summed E-state index contributed by atoms with van der Waals surface area (Å²) in [6.45, 7) is 1.37. The highest BCUT2D eigenvalue weighted by atomic mass is 16.4. The summed E-state index contributed by atoms with van der Waals surface area (Å²) in [5.41, 5.74) is 0. The fraction of sp³-hybridized carbons (Fsp3) is 0.667. The lowest BCUT2D eigenvalue weighted by atomic mass is 10.1. The van der Waals surface area contributed by atoms with Gasteiger partial charge in [0.2, 0.25) is 0 Å². The van der Waals surface area contributed by atoms with Gasteiger partial charge >= 0.3 is 0 Å². The minimum absolute atomic E-state index is 0.302. The third-order valence-corrected chi connectivity index (χ3v) is 1.24. The summed E-state index contributed by atoms with van der Waals surface area (Å²) in [7, 11) is 0. The number of hydrogen-bond donors (Lipinski definition) is 4. The van der Waals surface area contributed by atoms with E-state index in [0.29, 0.717) is 6.61 Å². The van der Waals surface area contributed by atoms with Gasteiger partial charge < -0.3 is 20.4 Å². The number of ketones is 1. The molecule has 0 saturated heterocycles. The first-order valence-electron chi connectivity index (χ1n) is 3.03. The van der Waals surface area contributed by atoms with E-state index in [1.165, 1.54) is 0 Å². The summed E-state index contributed by atoms with van der Waals surface area (Å²) >= 11 is 0. The zero-order valence-electron chi connectivity index (χ0n) is 6.01. The Labute approximate surface area is 63.9 Å². The summed E-state index contributed by atoms with van der Waals surface area (Å²) in [6, 6.07) is 0. The quantitative estimate of drug-likeness (QED) is 0.391. The van der Waals surface area contributed by atoms with E-state index < -0.39 is 24.1 Å². The monoisotopic (exact) mass is 163 g/mol. The van der Waals surface area contributed by atoms with E-state index >= 15 is 0 Å². The molecule has 0 heterocycles. The molecule has 11 heavy (non-hydrogen) atoms. The van der Waals surface area contributed by atoms with Crippen molar-refractivity contribution < 1.29 is 25.2 Å². The first-order valence-corrected chi connectivity index (χ1v) is 3.03. The molecular formula is C6H11O5. The van der Waals surface area contributed by atoms with Crippen LogP contribution in [-0.4, -0.2) is 44.5 Å². The van der Waals surface area contributed by atoms with Crippen molar-refractivity contribution in [2.45, 2.75) is 25.2 Å². The number of aliphatic hydroxyl groups excluding tert-OH is 4. The van der Waals surface area contributed by atoms with Crippen LogP contribution in [0.1, 0.15) is 6.92 Å². The van der Waals surface area contributed by atoms with E-state index in [2.05, 4.69) is 0 Å². The van der Waals surface area contributed by atoms with Gasteiger partial charge in [-0.1, -0.05) is 0 Å². The molecule has 0 fully saturated rings. The van der Waals surface area contributed by atoms with E-state index in [1.807, 2.05) is 0 Å². The molecular weight excluding hydrogens is 152 g/mol. The van der Waals surface area contributed by atoms with E-state index in [-0.39, 0.29) is 0 Å². The Morgan fingerprint density at radius 1 is 1.36 bits per heavy atom. The predicted octanol–water partition coefficient (Wildman–Crippen LogP) is -1.81. The second-order valence-corrected chi connectivity index (χ2v) is 2.19. The van der Waals surface area contributed by atoms with Crippen LogP contribution in [0.15, 0.2) is 0 Å². The summed E-state index contributed by atoms with van der Waals surface area (Å²) in [4.78, 5) is 10.4. The van der Waals surface area contributed by atoms with E-state index in [4.69, 9.17) is 20.4 Å². The van der Waals surface area contributed by atoms with Crippen molar-refractivity contribution in [1.29, 1.82) is 0 Å². The lowest BCUT2D eigenvalue weighted by molar-refractivity contribution is -0.136. The maximum absolute atomic E-state index is 10.4. The number of carbonyl (C=O) groups is 1. The topological polar surface area (TPSA) is 98.0 Å². The van der Waals surface area contributed by atoms with Gasteiger partial charge in [0.05, 0.1) is 0 Å². The lowest BCUT2D eigenvalue weighted by Gasteiger charge is -2.18. The van der Waals surface area contributed by atoms with Gasteiger partial charge in [-0.05, 0) is 6.92 Å². The van der Waals surface area contributed by atoms with Crippen LogP contribution in [0.3, 0.4) is 0 Å². The second-order valence-electron chi connectivity index (χ2n) is 2.19. The van der Waals surface area contributed by atoms with Gasteiger partial charge in [0, 0.05) is 0 Å². The minimum atomic E-state index is -1.67. The average molecular weight is 163 g/mol. The van der Waals surface area contributed by atoms with E-state index in [0.717, 1.165) is 6.92 Å². The normalized spacial score (nSPS) is 19.0. The first kappa shape index (κ1) is 10.5. The van der Waals surface area contributed by atoms with Crippen LogP contribution >= 0.6 is 0 Å². The van der Waals surface area contributed by atoms with Crippen LogP contribution in [0.2, 0.25) is 0 Å². The van der Waals surface area contributed by atoms with E-state index in [1.54, 1.807) is 0 Å². The third-order valence-electron chi connectivity index (χ3n) is 1.24. The molecule has 0 aliphatic rings. The molecule has 0 aromatic heterocycles. The molecule has 0 bridgehead atoms. The highest BCUT2D eigenvalue weighted by Crippen LogP contribution is 2.02. The largest absolute Gasteiger partial charge is 0.387 e. The van der Waals surface area contributed by atoms with Gasteiger partial charge in [0.15, 0.2) is 5.78 Å². The maximum atomic E-state index is 10.4. The number of hydrogen-bond acceptors (Lipinski definition) is 5. The van der Waals surface area contributed by atoms with Crippen molar-refractivity contribution in [3.05, 3.63) is 6.61 Å².